The number of furan rings is 1. The smallest absolute Gasteiger partial charge is 0.186 e. The van der Waals surface area contributed by atoms with Gasteiger partial charge >= 0.3 is 0 Å². The van der Waals surface area contributed by atoms with E-state index in [0.29, 0.717) is 35.1 Å². The van der Waals surface area contributed by atoms with Gasteiger partial charge in [-0.3, -0.25) is 0 Å². The van der Waals surface area contributed by atoms with Crippen molar-refractivity contribution in [3.8, 4) is 23.0 Å². The second-order valence-electron chi connectivity index (χ2n) is 8.66. The molecule has 5 aromatic rings. The Bertz CT molecular complexity index is 1530. The third-order valence-corrected chi connectivity index (χ3v) is 7.55. The number of ether oxygens (including phenoxy) is 3. The minimum Gasteiger partial charge on any atom is -0.496 e. The van der Waals surface area contributed by atoms with Gasteiger partial charge in [0.15, 0.2) is 16.5 Å². The van der Waals surface area contributed by atoms with E-state index in [-0.39, 0.29) is 0 Å². The average molecular weight is 506 g/mol. The third kappa shape index (κ3) is 4.27. The number of fused-ring (bicyclic) bond motifs is 2. The standard InChI is InChI=1S/C26H27N5O4S/c1-4-24-20(28-26(36-24)30-7-9-33-10-8-30)15-34-21-11-17(32-3)12-22-18(21)13-23(35-22)19-14-31-25(27-19)6-5-16(2)29-31/h5-6,11-14H,4,7-10,15H2,1-3H3. The Kier molecular flexibility index (Phi) is 5.98. The summed E-state index contributed by atoms with van der Waals surface area (Å²) < 4.78 is 25.3. The number of rotatable bonds is 7. The van der Waals surface area contributed by atoms with Crippen LogP contribution in [0.5, 0.6) is 11.5 Å². The number of methoxy groups -OCH3 is 1. The second kappa shape index (κ2) is 9.44. The number of imidazole rings is 1. The molecule has 0 atom stereocenters. The number of aryl methyl sites for hydroxylation is 2. The van der Waals surface area contributed by atoms with Crippen LogP contribution in [0.15, 0.2) is 40.9 Å². The minimum atomic E-state index is 0.365. The predicted molar refractivity (Wildman–Crippen MR) is 138 cm³/mol. The molecule has 1 aliphatic heterocycles. The van der Waals surface area contributed by atoms with Crippen LogP contribution in [0.4, 0.5) is 5.13 Å². The van der Waals surface area contributed by atoms with Crippen molar-refractivity contribution in [2.45, 2.75) is 26.9 Å². The summed E-state index contributed by atoms with van der Waals surface area (Å²) in [6.45, 7) is 7.67. The highest BCUT2D eigenvalue weighted by atomic mass is 32.1. The number of morpholine rings is 1. The van der Waals surface area contributed by atoms with Crippen molar-refractivity contribution in [3.63, 3.8) is 0 Å². The molecule has 186 valence electrons. The molecule has 0 N–H and O–H groups in total. The van der Waals surface area contributed by atoms with Crippen LogP contribution in [0.2, 0.25) is 0 Å². The lowest BCUT2D eigenvalue weighted by Gasteiger charge is -2.26. The van der Waals surface area contributed by atoms with E-state index >= 15 is 0 Å². The Morgan fingerprint density at radius 3 is 2.78 bits per heavy atom. The summed E-state index contributed by atoms with van der Waals surface area (Å²) in [6.07, 6.45) is 2.78. The van der Waals surface area contributed by atoms with Gasteiger partial charge in [-0.25, -0.2) is 14.5 Å². The maximum Gasteiger partial charge on any atom is 0.186 e. The van der Waals surface area contributed by atoms with Crippen molar-refractivity contribution in [2.75, 3.05) is 38.3 Å². The van der Waals surface area contributed by atoms with E-state index in [4.69, 9.17) is 23.6 Å². The highest BCUT2D eigenvalue weighted by molar-refractivity contribution is 7.15. The molecule has 0 amide bonds. The monoisotopic (exact) mass is 505 g/mol. The molecule has 0 saturated carbocycles. The fraction of sp³-hybridized carbons (Fsp3) is 0.346. The average Bonchev–Trinajstić information content (AvgIpc) is 3.63. The van der Waals surface area contributed by atoms with E-state index in [1.807, 2.05) is 43.5 Å². The predicted octanol–water partition coefficient (Wildman–Crippen LogP) is 4.89. The van der Waals surface area contributed by atoms with E-state index in [9.17, 15) is 0 Å². The van der Waals surface area contributed by atoms with Gasteiger partial charge in [0.25, 0.3) is 0 Å². The molecule has 1 fully saturated rings. The lowest BCUT2D eigenvalue weighted by molar-refractivity contribution is 0.122. The van der Waals surface area contributed by atoms with Gasteiger partial charge in [0.1, 0.15) is 29.4 Å². The van der Waals surface area contributed by atoms with Crippen LogP contribution >= 0.6 is 11.3 Å². The molecule has 0 unspecified atom stereocenters. The van der Waals surface area contributed by atoms with Gasteiger partial charge in [-0.2, -0.15) is 5.10 Å². The molecule has 1 saturated heterocycles. The number of benzene rings is 1. The highest BCUT2D eigenvalue weighted by Crippen LogP contribution is 2.37. The molecule has 9 nitrogen and oxygen atoms in total. The van der Waals surface area contributed by atoms with E-state index in [2.05, 4.69) is 21.9 Å². The minimum absolute atomic E-state index is 0.365. The van der Waals surface area contributed by atoms with Gasteiger partial charge < -0.3 is 23.5 Å². The molecule has 0 spiro atoms. The zero-order valence-corrected chi connectivity index (χ0v) is 21.3. The lowest BCUT2D eigenvalue weighted by Crippen LogP contribution is -2.36. The fourth-order valence-electron chi connectivity index (χ4n) is 4.34. The summed E-state index contributed by atoms with van der Waals surface area (Å²) in [5.41, 5.74) is 4.02. The SMILES string of the molecule is CCc1sc(N2CCOCC2)nc1COc1cc(OC)cc2oc(-c3cn4nc(C)ccc4n3)cc12. The second-order valence-corrected chi connectivity index (χ2v) is 9.72. The zero-order valence-electron chi connectivity index (χ0n) is 20.5. The Balaban J connectivity index is 1.31. The molecular formula is C26H27N5O4S. The normalized spacial score (nSPS) is 14.1. The van der Waals surface area contributed by atoms with E-state index < -0.39 is 0 Å². The third-order valence-electron chi connectivity index (χ3n) is 6.25. The summed E-state index contributed by atoms with van der Waals surface area (Å²) in [5, 5.41) is 6.38. The molecule has 0 bridgehead atoms. The Morgan fingerprint density at radius 2 is 1.97 bits per heavy atom. The van der Waals surface area contributed by atoms with Crippen LogP contribution in [0.1, 0.15) is 23.2 Å². The molecule has 0 aliphatic carbocycles. The largest absolute Gasteiger partial charge is 0.496 e. The van der Waals surface area contributed by atoms with Crippen molar-refractivity contribution >= 4 is 33.1 Å². The van der Waals surface area contributed by atoms with Crippen molar-refractivity contribution in [1.82, 2.24) is 19.6 Å². The molecule has 36 heavy (non-hydrogen) atoms. The maximum absolute atomic E-state index is 6.34. The van der Waals surface area contributed by atoms with Gasteiger partial charge in [0, 0.05) is 30.1 Å². The molecular weight excluding hydrogens is 478 g/mol. The van der Waals surface area contributed by atoms with Gasteiger partial charge in [-0.1, -0.05) is 6.92 Å². The van der Waals surface area contributed by atoms with Gasteiger partial charge in [0.2, 0.25) is 0 Å². The van der Waals surface area contributed by atoms with E-state index in [1.165, 1.54) is 4.88 Å². The van der Waals surface area contributed by atoms with Gasteiger partial charge in [0.05, 0.1) is 43.3 Å². The summed E-state index contributed by atoms with van der Waals surface area (Å²) in [7, 11) is 1.63. The first-order valence-corrected chi connectivity index (χ1v) is 12.8. The van der Waals surface area contributed by atoms with Gasteiger partial charge in [-0.05, 0) is 31.5 Å². The van der Waals surface area contributed by atoms with E-state index in [0.717, 1.165) is 60.3 Å². The molecule has 5 heterocycles. The Labute approximate surface area is 212 Å². The topological polar surface area (TPSA) is 87.2 Å². The fourth-order valence-corrected chi connectivity index (χ4v) is 5.39. The Morgan fingerprint density at radius 1 is 1.11 bits per heavy atom. The number of aromatic nitrogens is 4. The first-order chi connectivity index (χ1) is 17.6. The number of hydrogen-bond acceptors (Lipinski definition) is 9. The number of thiazole rings is 1. The number of anilines is 1. The van der Waals surface area contributed by atoms with Crippen LogP contribution in [-0.2, 0) is 17.8 Å². The number of nitrogens with zero attached hydrogens (tertiary/aromatic N) is 5. The van der Waals surface area contributed by atoms with Crippen molar-refractivity contribution in [2.24, 2.45) is 0 Å². The Hall–Kier alpha value is -3.63. The summed E-state index contributed by atoms with van der Waals surface area (Å²) in [5.74, 6) is 1.98. The molecule has 10 heteroatoms. The maximum atomic E-state index is 6.34. The van der Waals surface area contributed by atoms with Crippen molar-refractivity contribution in [1.29, 1.82) is 0 Å². The number of hydrogen-bond donors (Lipinski definition) is 0. The quantitative estimate of drug-likeness (QED) is 0.309. The van der Waals surface area contributed by atoms with Crippen LogP contribution in [0.3, 0.4) is 0 Å². The molecule has 4 aromatic heterocycles. The lowest BCUT2D eigenvalue weighted by atomic mass is 10.2. The van der Waals surface area contributed by atoms with E-state index in [1.54, 1.807) is 23.0 Å². The summed E-state index contributed by atoms with van der Waals surface area (Å²) in [4.78, 5) is 13.1. The summed E-state index contributed by atoms with van der Waals surface area (Å²) >= 11 is 1.74. The molecule has 6 rings (SSSR count). The highest BCUT2D eigenvalue weighted by Gasteiger charge is 2.20. The van der Waals surface area contributed by atoms with Crippen molar-refractivity contribution < 1.29 is 18.6 Å². The zero-order chi connectivity index (χ0) is 24.6. The van der Waals surface area contributed by atoms with Crippen LogP contribution in [-0.4, -0.2) is 53.0 Å². The first-order valence-electron chi connectivity index (χ1n) is 12.0. The molecule has 1 aliphatic rings. The van der Waals surface area contributed by atoms with Gasteiger partial charge in [-0.15, -0.1) is 11.3 Å². The van der Waals surface area contributed by atoms with Crippen LogP contribution < -0.4 is 14.4 Å². The van der Waals surface area contributed by atoms with Crippen LogP contribution in [0.25, 0.3) is 28.1 Å². The van der Waals surface area contributed by atoms with Crippen LogP contribution in [0, 0.1) is 6.92 Å². The molecule has 1 aromatic carbocycles. The molecule has 0 radical (unpaired) electrons. The first kappa shape index (κ1) is 22.8. The summed E-state index contributed by atoms with van der Waals surface area (Å²) in [6, 6.07) is 9.59. The van der Waals surface area contributed by atoms with Crippen molar-refractivity contribution in [3.05, 3.63) is 52.8 Å².